The standard InChI is InChI=1S/C14H20FN3OS/c1-10-16-12(9-20-10)14(19)18-7-5-17(6-8-18)13-4-2-3-11(13)15/h9,11,13H,2-8H2,1H3. The summed E-state index contributed by atoms with van der Waals surface area (Å²) in [5, 5.41) is 2.73. The Morgan fingerprint density at radius 1 is 1.35 bits per heavy atom. The Kier molecular flexibility index (Phi) is 4.03. The highest BCUT2D eigenvalue weighted by Crippen LogP contribution is 2.27. The van der Waals surface area contributed by atoms with Crippen LogP contribution in [-0.2, 0) is 0 Å². The van der Waals surface area contributed by atoms with Gasteiger partial charge in [0.05, 0.1) is 5.01 Å². The van der Waals surface area contributed by atoms with Gasteiger partial charge in [0.2, 0.25) is 0 Å². The monoisotopic (exact) mass is 297 g/mol. The maximum Gasteiger partial charge on any atom is 0.273 e. The first-order valence-electron chi connectivity index (χ1n) is 7.24. The summed E-state index contributed by atoms with van der Waals surface area (Å²) in [5.74, 6) is 0.0113. The molecule has 110 valence electrons. The molecule has 0 radical (unpaired) electrons. The Hall–Kier alpha value is -1.01. The van der Waals surface area contributed by atoms with Crippen LogP contribution < -0.4 is 0 Å². The van der Waals surface area contributed by atoms with Crippen molar-refractivity contribution in [2.75, 3.05) is 26.2 Å². The minimum absolute atomic E-state index is 0.0113. The molecular formula is C14H20FN3OS. The van der Waals surface area contributed by atoms with Crippen LogP contribution in [0.15, 0.2) is 5.38 Å². The van der Waals surface area contributed by atoms with Gasteiger partial charge >= 0.3 is 0 Å². The number of nitrogens with zero attached hydrogens (tertiary/aromatic N) is 3. The third-order valence-corrected chi connectivity index (χ3v) is 5.08. The maximum atomic E-state index is 13.8. The molecule has 2 fully saturated rings. The summed E-state index contributed by atoms with van der Waals surface area (Å²) < 4.78 is 13.8. The molecule has 1 aromatic rings. The molecule has 1 saturated heterocycles. The summed E-state index contributed by atoms with van der Waals surface area (Å²) >= 11 is 1.50. The molecule has 2 heterocycles. The fraction of sp³-hybridized carbons (Fsp3) is 0.714. The molecule has 2 atom stereocenters. The first-order valence-corrected chi connectivity index (χ1v) is 8.12. The zero-order valence-electron chi connectivity index (χ0n) is 11.7. The molecule has 2 aliphatic rings. The number of aromatic nitrogens is 1. The summed E-state index contributed by atoms with van der Waals surface area (Å²) in [5.41, 5.74) is 0.546. The van der Waals surface area contributed by atoms with Crippen molar-refractivity contribution >= 4 is 17.2 Å². The Morgan fingerprint density at radius 3 is 2.65 bits per heavy atom. The van der Waals surface area contributed by atoms with E-state index in [2.05, 4.69) is 9.88 Å². The van der Waals surface area contributed by atoms with Gasteiger partial charge in [0.15, 0.2) is 0 Å². The van der Waals surface area contributed by atoms with E-state index >= 15 is 0 Å². The molecular weight excluding hydrogens is 277 g/mol. The van der Waals surface area contributed by atoms with Crippen molar-refractivity contribution in [1.82, 2.24) is 14.8 Å². The van der Waals surface area contributed by atoms with E-state index in [1.54, 1.807) is 0 Å². The lowest BCUT2D eigenvalue weighted by Crippen LogP contribution is -2.53. The molecule has 4 nitrogen and oxygen atoms in total. The van der Waals surface area contributed by atoms with Crippen LogP contribution >= 0.6 is 11.3 Å². The molecule has 6 heteroatoms. The number of thiazole rings is 1. The molecule has 1 aliphatic heterocycles. The molecule has 1 saturated carbocycles. The summed E-state index contributed by atoms with van der Waals surface area (Å²) in [6.07, 6.45) is 1.96. The first kappa shape index (κ1) is 13.9. The summed E-state index contributed by atoms with van der Waals surface area (Å²) in [7, 11) is 0. The average molecular weight is 297 g/mol. The molecule has 0 aromatic carbocycles. The third-order valence-electron chi connectivity index (χ3n) is 4.31. The van der Waals surface area contributed by atoms with Gasteiger partial charge in [0, 0.05) is 37.6 Å². The van der Waals surface area contributed by atoms with E-state index in [1.807, 2.05) is 17.2 Å². The second-order valence-corrected chi connectivity index (χ2v) is 6.66. The normalized spacial score (nSPS) is 28.0. The quantitative estimate of drug-likeness (QED) is 0.839. The van der Waals surface area contributed by atoms with E-state index < -0.39 is 6.17 Å². The van der Waals surface area contributed by atoms with Crippen LogP contribution in [0.1, 0.15) is 34.8 Å². The number of rotatable bonds is 2. The topological polar surface area (TPSA) is 36.4 Å². The zero-order valence-corrected chi connectivity index (χ0v) is 12.5. The van der Waals surface area contributed by atoms with Gasteiger partial charge in [-0.15, -0.1) is 11.3 Å². The van der Waals surface area contributed by atoms with Crippen LogP contribution in [0.3, 0.4) is 0 Å². The molecule has 0 bridgehead atoms. The van der Waals surface area contributed by atoms with E-state index in [0.717, 1.165) is 30.9 Å². The Balaban J connectivity index is 1.57. The second kappa shape index (κ2) is 5.77. The van der Waals surface area contributed by atoms with Crippen molar-refractivity contribution in [2.45, 2.75) is 38.4 Å². The largest absolute Gasteiger partial charge is 0.335 e. The lowest BCUT2D eigenvalue weighted by atomic mass is 10.1. The van der Waals surface area contributed by atoms with Crippen molar-refractivity contribution in [3.05, 3.63) is 16.1 Å². The smallest absolute Gasteiger partial charge is 0.273 e. The van der Waals surface area contributed by atoms with Crippen LogP contribution in [0, 0.1) is 6.92 Å². The number of alkyl halides is 1. The number of carbonyl (C=O) groups is 1. The molecule has 1 aliphatic carbocycles. The number of halogens is 1. The molecule has 0 spiro atoms. The highest BCUT2D eigenvalue weighted by molar-refractivity contribution is 7.09. The highest BCUT2D eigenvalue weighted by atomic mass is 32.1. The second-order valence-electron chi connectivity index (χ2n) is 5.59. The van der Waals surface area contributed by atoms with E-state index in [9.17, 15) is 9.18 Å². The van der Waals surface area contributed by atoms with Gasteiger partial charge in [-0.05, 0) is 26.2 Å². The van der Waals surface area contributed by atoms with E-state index in [-0.39, 0.29) is 11.9 Å². The van der Waals surface area contributed by atoms with Crippen molar-refractivity contribution in [2.24, 2.45) is 0 Å². The van der Waals surface area contributed by atoms with Gasteiger partial charge in [0.25, 0.3) is 5.91 Å². The van der Waals surface area contributed by atoms with Crippen LogP contribution in [0.25, 0.3) is 0 Å². The predicted molar refractivity (Wildman–Crippen MR) is 76.9 cm³/mol. The third kappa shape index (κ3) is 2.72. The number of piperazine rings is 1. The Morgan fingerprint density at radius 2 is 2.10 bits per heavy atom. The Bertz CT molecular complexity index is 485. The fourth-order valence-corrected chi connectivity index (χ4v) is 3.77. The minimum atomic E-state index is -0.682. The SMILES string of the molecule is Cc1nc(C(=O)N2CCN(C3CCCC3F)CC2)cs1. The summed E-state index contributed by atoms with van der Waals surface area (Å²) in [6, 6.07) is 0.0776. The van der Waals surface area contributed by atoms with Crippen LogP contribution in [0.5, 0.6) is 0 Å². The number of hydrogen-bond acceptors (Lipinski definition) is 4. The fourth-order valence-electron chi connectivity index (χ4n) is 3.19. The van der Waals surface area contributed by atoms with Crippen LogP contribution in [0.2, 0.25) is 0 Å². The molecule has 1 aromatic heterocycles. The minimum Gasteiger partial charge on any atom is -0.335 e. The van der Waals surface area contributed by atoms with Crippen molar-refractivity contribution < 1.29 is 9.18 Å². The molecule has 20 heavy (non-hydrogen) atoms. The Labute approximate surface area is 122 Å². The van der Waals surface area contributed by atoms with Gasteiger partial charge in [-0.2, -0.15) is 0 Å². The van der Waals surface area contributed by atoms with Crippen molar-refractivity contribution in [3.63, 3.8) is 0 Å². The summed E-state index contributed by atoms with van der Waals surface area (Å²) in [4.78, 5) is 20.6. The molecule has 1 amide bonds. The summed E-state index contributed by atoms with van der Waals surface area (Å²) in [6.45, 7) is 4.82. The molecule has 3 rings (SSSR count). The van der Waals surface area contributed by atoms with Crippen molar-refractivity contribution in [1.29, 1.82) is 0 Å². The molecule has 2 unspecified atom stereocenters. The van der Waals surface area contributed by atoms with Gasteiger partial charge in [-0.3, -0.25) is 9.69 Å². The van der Waals surface area contributed by atoms with Gasteiger partial charge in [0.1, 0.15) is 11.9 Å². The highest BCUT2D eigenvalue weighted by Gasteiger charge is 2.34. The number of aryl methyl sites for hydroxylation is 1. The zero-order chi connectivity index (χ0) is 14.1. The first-order chi connectivity index (χ1) is 9.65. The number of amides is 1. The van der Waals surface area contributed by atoms with Crippen LogP contribution in [-0.4, -0.2) is 59.1 Å². The van der Waals surface area contributed by atoms with E-state index in [0.29, 0.717) is 25.2 Å². The molecule has 0 N–H and O–H groups in total. The van der Waals surface area contributed by atoms with E-state index in [4.69, 9.17) is 0 Å². The lowest BCUT2D eigenvalue weighted by Gasteiger charge is -2.38. The lowest BCUT2D eigenvalue weighted by molar-refractivity contribution is 0.0484. The number of hydrogen-bond donors (Lipinski definition) is 0. The maximum absolute atomic E-state index is 13.8. The number of carbonyl (C=O) groups excluding carboxylic acids is 1. The van der Waals surface area contributed by atoms with E-state index in [1.165, 1.54) is 11.3 Å². The van der Waals surface area contributed by atoms with Crippen LogP contribution in [0.4, 0.5) is 4.39 Å². The van der Waals surface area contributed by atoms with Gasteiger partial charge in [-0.25, -0.2) is 9.37 Å². The predicted octanol–water partition coefficient (Wildman–Crippen LogP) is 2.10. The average Bonchev–Trinajstić information content (AvgIpc) is 3.07. The van der Waals surface area contributed by atoms with Gasteiger partial charge in [-0.1, -0.05) is 0 Å². The van der Waals surface area contributed by atoms with Crippen molar-refractivity contribution in [3.8, 4) is 0 Å². The van der Waals surface area contributed by atoms with Gasteiger partial charge < -0.3 is 4.90 Å².